The third kappa shape index (κ3) is 5.63. The number of hydrogen-bond acceptors (Lipinski definition) is 6. The average molecular weight is 491 g/mol. The average Bonchev–Trinajstić information content (AvgIpc) is 3.70. The number of methoxy groups -OCH3 is 1. The highest BCUT2D eigenvalue weighted by molar-refractivity contribution is 7.89. The number of esters is 1. The maximum atomic E-state index is 13.2. The number of ether oxygens (including phenoxy) is 2. The van der Waals surface area contributed by atoms with Crippen molar-refractivity contribution in [2.75, 3.05) is 26.8 Å². The lowest BCUT2D eigenvalue weighted by Crippen LogP contribution is -2.36. The number of sulfonamides is 1. The van der Waals surface area contributed by atoms with Gasteiger partial charge < -0.3 is 14.4 Å². The summed E-state index contributed by atoms with van der Waals surface area (Å²) in [6, 6.07) is 4.40. The lowest BCUT2D eigenvalue weighted by molar-refractivity contribution is -0.133. The number of nitrogens with zero attached hydrogens (tertiary/aromatic N) is 2. The van der Waals surface area contributed by atoms with Crippen LogP contribution in [-0.2, 0) is 19.6 Å². The summed E-state index contributed by atoms with van der Waals surface area (Å²) in [7, 11) is -2.33. The van der Waals surface area contributed by atoms with E-state index in [1.165, 1.54) is 29.6 Å². The van der Waals surface area contributed by atoms with Crippen LogP contribution in [0, 0.1) is 0 Å². The fraction of sp³-hybridized carbons (Fsp3) is 0.600. The van der Waals surface area contributed by atoms with E-state index in [2.05, 4.69) is 6.08 Å². The Morgan fingerprint density at radius 3 is 2.41 bits per heavy atom. The Bertz CT molecular complexity index is 1040. The second-order valence-corrected chi connectivity index (χ2v) is 11.1. The van der Waals surface area contributed by atoms with Crippen molar-refractivity contribution < 1.29 is 27.5 Å². The van der Waals surface area contributed by atoms with Gasteiger partial charge in [0.2, 0.25) is 10.0 Å². The normalized spacial score (nSPS) is 19.6. The molecule has 0 unspecified atom stereocenters. The molecule has 0 N–H and O–H groups in total. The topological polar surface area (TPSA) is 93.2 Å². The maximum absolute atomic E-state index is 13.2. The van der Waals surface area contributed by atoms with Crippen molar-refractivity contribution in [3.05, 3.63) is 35.5 Å². The van der Waals surface area contributed by atoms with Crippen molar-refractivity contribution in [2.24, 2.45) is 0 Å². The number of carbonyl (C=O) groups is 2. The number of benzene rings is 1. The Morgan fingerprint density at radius 1 is 1.06 bits per heavy atom. The molecule has 0 atom stereocenters. The van der Waals surface area contributed by atoms with Crippen LogP contribution >= 0.6 is 0 Å². The number of hydrogen-bond donors (Lipinski definition) is 0. The minimum Gasteiger partial charge on any atom is -0.496 e. The van der Waals surface area contributed by atoms with Crippen LogP contribution in [0.5, 0.6) is 5.75 Å². The highest BCUT2D eigenvalue weighted by Crippen LogP contribution is 2.34. The number of carbonyl (C=O) groups excluding carboxylic acids is 2. The zero-order chi connectivity index (χ0) is 24.1. The molecule has 2 aliphatic carbocycles. The zero-order valence-corrected chi connectivity index (χ0v) is 20.6. The van der Waals surface area contributed by atoms with E-state index in [0.29, 0.717) is 13.1 Å². The van der Waals surface area contributed by atoms with Crippen molar-refractivity contribution in [3.63, 3.8) is 0 Å². The maximum Gasteiger partial charge on any atom is 0.342 e. The molecule has 1 aromatic rings. The number of rotatable bonds is 8. The fourth-order valence-corrected chi connectivity index (χ4v) is 6.23. The summed E-state index contributed by atoms with van der Waals surface area (Å²) in [4.78, 5) is 27.7. The molecule has 1 aliphatic heterocycles. The number of allylic oxidation sites excluding steroid dienone is 2. The minimum atomic E-state index is -3.74. The summed E-state index contributed by atoms with van der Waals surface area (Å²) < 4.78 is 38.5. The molecule has 2 fully saturated rings. The van der Waals surface area contributed by atoms with Gasteiger partial charge in [-0.2, -0.15) is 4.31 Å². The van der Waals surface area contributed by atoms with Crippen LogP contribution in [0.1, 0.15) is 74.6 Å². The van der Waals surface area contributed by atoms with Crippen LogP contribution in [-0.4, -0.2) is 62.3 Å². The summed E-state index contributed by atoms with van der Waals surface area (Å²) in [6.07, 6.45) is 11.7. The third-order valence-electron chi connectivity index (χ3n) is 6.68. The summed E-state index contributed by atoms with van der Waals surface area (Å²) in [5.41, 5.74) is 1.03. The summed E-state index contributed by atoms with van der Waals surface area (Å²) in [6.45, 7) is 0.546. The minimum absolute atomic E-state index is 0.000973. The van der Waals surface area contributed by atoms with Crippen LogP contribution in [0.25, 0.3) is 0 Å². The van der Waals surface area contributed by atoms with Crippen LogP contribution < -0.4 is 4.74 Å². The molecule has 8 nitrogen and oxygen atoms in total. The molecule has 0 radical (unpaired) electrons. The molecular formula is C25H34N2O6S. The molecule has 0 bridgehead atoms. The molecular weight excluding hydrogens is 456 g/mol. The highest BCUT2D eigenvalue weighted by Gasteiger charge is 2.35. The van der Waals surface area contributed by atoms with Gasteiger partial charge >= 0.3 is 5.97 Å². The summed E-state index contributed by atoms with van der Waals surface area (Å²) >= 11 is 0. The van der Waals surface area contributed by atoms with Gasteiger partial charge in [0.15, 0.2) is 6.61 Å². The first-order chi connectivity index (χ1) is 16.4. The van der Waals surface area contributed by atoms with E-state index in [1.54, 1.807) is 4.90 Å². The van der Waals surface area contributed by atoms with Gasteiger partial charge in [-0.1, -0.05) is 18.9 Å². The third-order valence-corrected chi connectivity index (χ3v) is 8.57. The molecule has 1 saturated heterocycles. The van der Waals surface area contributed by atoms with E-state index in [1.807, 2.05) is 0 Å². The second-order valence-electron chi connectivity index (χ2n) is 9.19. The zero-order valence-electron chi connectivity index (χ0n) is 19.8. The molecule has 1 aromatic carbocycles. The Morgan fingerprint density at radius 2 is 1.79 bits per heavy atom. The smallest absolute Gasteiger partial charge is 0.342 e. The van der Waals surface area contributed by atoms with Gasteiger partial charge in [0, 0.05) is 24.8 Å². The molecule has 1 heterocycles. The van der Waals surface area contributed by atoms with Crippen molar-refractivity contribution in [2.45, 2.75) is 75.1 Å². The Labute approximate surface area is 201 Å². The monoisotopic (exact) mass is 490 g/mol. The van der Waals surface area contributed by atoms with Gasteiger partial charge in [0.05, 0.1) is 12.0 Å². The summed E-state index contributed by atoms with van der Waals surface area (Å²) in [5.74, 6) is -0.802. The fourth-order valence-electron chi connectivity index (χ4n) is 4.68. The van der Waals surface area contributed by atoms with Gasteiger partial charge in [-0.3, -0.25) is 4.79 Å². The van der Waals surface area contributed by atoms with Gasteiger partial charge in [-0.05, 0) is 69.6 Å². The summed E-state index contributed by atoms with van der Waals surface area (Å²) in [5, 5.41) is 0. The highest BCUT2D eigenvalue weighted by atomic mass is 32.2. The van der Waals surface area contributed by atoms with E-state index in [-0.39, 0.29) is 34.8 Å². The molecule has 1 saturated carbocycles. The van der Waals surface area contributed by atoms with Crippen LogP contribution in [0.15, 0.2) is 34.9 Å². The predicted octanol–water partition coefficient (Wildman–Crippen LogP) is 3.87. The molecule has 34 heavy (non-hydrogen) atoms. The Kier molecular flexibility index (Phi) is 7.93. The van der Waals surface area contributed by atoms with Crippen LogP contribution in [0.2, 0.25) is 0 Å². The van der Waals surface area contributed by atoms with Crippen molar-refractivity contribution >= 4 is 21.9 Å². The Balaban J connectivity index is 1.48. The molecule has 3 aliphatic rings. The van der Waals surface area contributed by atoms with Crippen LogP contribution in [0.4, 0.5) is 0 Å². The van der Waals surface area contributed by atoms with Crippen molar-refractivity contribution in [1.82, 2.24) is 9.21 Å². The van der Waals surface area contributed by atoms with E-state index in [0.717, 1.165) is 69.9 Å². The second kappa shape index (κ2) is 10.9. The Hall–Kier alpha value is -2.39. The van der Waals surface area contributed by atoms with E-state index in [9.17, 15) is 18.0 Å². The van der Waals surface area contributed by atoms with E-state index >= 15 is 0 Å². The van der Waals surface area contributed by atoms with E-state index in [4.69, 9.17) is 9.47 Å². The van der Waals surface area contributed by atoms with Gasteiger partial charge in [-0.15, -0.1) is 0 Å². The van der Waals surface area contributed by atoms with Gasteiger partial charge in [-0.25, -0.2) is 13.2 Å². The lowest BCUT2D eigenvalue weighted by atomic mass is 10.0. The largest absolute Gasteiger partial charge is 0.496 e. The molecule has 0 aromatic heterocycles. The lowest BCUT2D eigenvalue weighted by Gasteiger charge is -2.27. The molecule has 9 heteroatoms. The first kappa shape index (κ1) is 24.7. The predicted molar refractivity (Wildman–Crippen MR) is 127 cm³/mol. The quantitative estimate of drug-likeness (QED) is 0.514. The van der Waals surface area contributed by atoms with E-state index < -0.39 is 16.0 Å². The first-order valence-electron chi connectivity index (χ1n) is 12.3. The van der Waals surface area contributed by atoms with Crippen molar-refractivity contribution in [3.8, 4) is 5.75 Å². The molecule has 186 valence electrons. The molecule has 1 amide bonds. The SMILES string of the molecule is COc1ccc(S(=O)(=O)N2CCCCCC2)cc1C(=O)OCC(=O)N(C1=CCCCC1)C1CC1. The first-order valence-corrected chi connectivity index (χ1v) is 13.7. The van der Waals surface area contributed by atoms with Gasteiger partial charge in [0.25, 0.3) is 5.91 Å². The van der Waals surface area contributed by atoms with Crippen molar-refractivity contribution in [1.29, 1.82) is 0 Å². The molecule has 4 rings (SSSR count). The number of amides is 1. The van der Waals surface area contributed by atoms with Gasteiger partial charge in [0.1, 0.15) is 11.3 Å². The van der Waals surface area contributed by atoms with Crippen LogP contribution in [0.3, 0.4) is 0 Å². The molecule has 0 spiro atoms. The standard InChI is InChI=1S/C25H34N2O6S/c1-32-23-14-13-21(34(30,31)26-15-7-2-3-8-16-26)17-22(23)25(29)33-18-24(28)27(20-11-12-20)19-9-5-4-6-10-19/h9,13-14,17,20H,2-8,10-12,15-16,18H2,1H3.